The molecule has 4 rings (SSSR count). The number of rotatable bonds is 5. The van der Waals surface area contributed by atoms with Gasteiger partial charge in [-0.15, -0.1) is 0 Å². The molecular formula is C24H20BrN3O2. The number of para-hydroxylation sites is 1. The summed E-state index contributed by atoms with van der Waals surface area (Å²) in [4.78, 5) is 17.9. The van der Waals surface area contributed by atoms with Crippen molar-refractivity contribution in [1.29, 1.82) is 0 Å². The lowest BCUT2D eigenvalue weighted by Crippen LogP contribution is -2.20. The average Bonchev–Trinajstić information content (AvgIpc) is 2.75. The molecule has 0 bridgehead atoms. The van der Waals surface area contributed by atoms with Crippen molar-refractivity contribution in [2.75, 3.05) is 0 Å². The van der Waals surface area contributed by atoms with Gasteiger partial charge in [0.15, 0.2) is 5.82 Å². The Morgan fingerprint density at radius 2 is 1.77 bits per heavy atom. The zero-order chi connectivity index (χ0) is 21.1. The minimum Gasteiger partial charge on any atom is -0.490 e. The largest absolute Gasteiger partial charge is 0.490 e. The van der Waals surface area contributed by atoms with Gasteiger partial charge in [0.05, 0.1) is 27.7 Å². The monoisotopic (exact) mass is 461 g/mol. The Bertz CT molecular complexity index is 1280. The van der Waals surface area contributed by atoms with Gasteiger partial charge in [-0.1, -0.05) is 42.5 Å². The fourth-order valence-corrected chi connectivity index (χ4v) is 3.57. The van der Waals surface area contributed by atoms with E-state index < -0.39 is 0 Å². The molecule has 0 aliphatic carbocycles. The molecule has 150 valence electrons. The van der Waals surface area contributed by atoms with Gasteiger partial charge in [-0.25, -0.2) is 4.98 Å². The van der Waals surface area contributed by atoms with Crippen LogP contribution in [-0.4, -0.2) is 22.0 Å². The van der Waals surface area contributed by atoms with Crippen LogP contribution in [0.25, 0.3) is 22.3 Å². The second-order valence-corrected chi connectivity index (χ2v) is 7.89. The number of halogens is 1. The van der Waals surface area contributed by atoms with Gasteiger partial charge in [0.2, 0.25) is 0 Å². The van der Waals surface area contributed by atoms with Gasteiger partial charge in [0, 0.05) is 5.56 Å². The maximum atomic E-state index is 13.2. The molecule has 6 heteroatoms. The number of fused-ring (bicyclic) bond motifs is 1. The summed E-state index contributed by atoms with van der Waals surface area (Å²) in [7, 11) is 0. The number of ether oxygens (including phenoxy) is 1. The lowest BCUT2D eigenvalue weighted by atomic mass is 10.2. The highest BCUT2D eigenvalue weighted by Crippen LogP contribution is 2.26. The lowest BCUT2D eigenvalue weighted by molar-refractivity contribution is 0.241. The van der Waals surface area contributed by atoms with Crippen LogP contribution in [-0.2, 0) is 0 Å². The van der Waals surface area contributed by atoms with E-state index in [9.17, 15) is 4.79 Å². The van der Waals surface area contributed by atoms with Crippen molar-refractivity contribution in [2.45, 2.75) is 20.0 Å². The second-order valence-electron chi connectivity index (χ2n) is 7.04. The number of nitrogens with zero attached hydrogens (tertiary/aromatic N) is 3. The quantitative estimate of drug-likeness (QED) is 0.369. The molecule has 0 aliphatic rings. The highest BCUT2D eigenvalue weighted by Gasteiger charge is 2.12. The minimum absolute atomic E-state index is 0.0801. The van der Waals surface area contributed by atoms with E-state index >= 15 is 0 Å². The first kappa shape index (κ1) is 20.0. The molecule has 0 saturated carbocycles. The molecule has 4 aromatic rings. The van der Waals surface area contributed by atoms with Crippen LogP contribution in [0.3, 0.4) is 0 Å². The molecule has 1 aromatic heterocycles. The maximum absolute atomic E-state index is 13.2. The second kappa shape index (κ2) is 8.63. The molecule has 0 radical (unpaired) electrons. The predicted octanol–water partition coefficient (Wildman–Crippen LogP) is 5.50. The summed E-state index contributed by atoms with van der Waals surface area (Å²) in [5.41, 5.74) is 2.08. The molecule has 0 spiro atoms. The van der Waals surface area contributed by atoms with Crippen molar-refractivity contribution < 1.29 is 4.74 Å². The fraction of sp³-hybridized carbons (Fsp3) is 0.125. The third-order valence-corrected chi connectivity index (χ3v) is 5.05. The van der Waals surface area contributed by atoms with E-state index in [1.807, 2.05) is 80.6 Å². The maximum Gasteiger partial charge on any atom is 0.282 e. The van der Waals surface area contributed by atoms with Gasteiger partial charge in [-0.3, -0.25) is 4.79 Å². The van der Waals surface area contributed by atoms with Crippen molar-refractivity contribution in [3.63, 3.8) is 0 Å². The van der Waals surface area contributed by atoms with E-state index in [1.54, 1.807) is 12.3 Å². The summed E-state index contributed by atoms with van der Waals surface area (Å²) < 4.78 is 7.93. The highest BCUT2D eigenvalue weighted by molar-refractivity contribution is 9.10. The standard InChI is InChI=1S/C24H20BrN3O2/c1-16(2)30-22-13-12-17(14-20(22)25)15-26-28-23(18-8-4-3-5-9-18)27-21-11-7-6-10-19(21)24(28)29/h3-16H,1-2H3. The summed E-state index contributed by atoms with van der Waals surface area (Å²) in [5.74, 6) is 1.26. The van der Waals surface area contributed by atoms with Gasteiger partial charge in [0.25, 0.3) is 5.56 Å². The summed E-state index contributed by atoms with van der Waals surface area (Å²) in [6.45, 7) is 3.96. The van der Waals surface area contributed by atoms with Crippen molar-refractivity contribution in [3.8, 4) is 17.1 Å². The Hall–Kier alpha value is -3.25. The molecule has 30 heavy (non-hydrogen) atoms. The van der Waals surface area contributed by atoms with Crippen LogP contribution in [0, 0.1) is 0 Å². The van der Waals surface area contributed by atoms with Crippen molar-refractivity contribution in [1.82, 2.24) is 9.66 Å². The number of hydrogen-bond donors (Lipinski definition) is 0. The van der Waals surface area contributed by atoms with E-state index in [0.29, 0.717) is 16.7 Å². The van der Waals surface area contributed by atoms with Crippen molar-refractivity contribution in [3.05, 3.63) is 93.2 Å². The van der Waals surface area contributed by atoms with Crippen LogP contribution in [0.2, 0.25) is 0 Å². The Kier molecular flexibility index (Phi) is 5.77. The van der Waals surface area contributed by atoms with E-state index in [0.717, 1.165) is 21.3 Å². The average molecular weight is 462 g/mol. The zero-order valence-electron chi connectivity index (χ0n) is 16.6. The normalized spacial score (nSPS) is 11.5. The molecule has 5 nitrogen and oxygen atoms in total. The van der Waals surface area contributed by atoms with E-state index in [4.69, 9.17) is 9.72 Å². The first-order valence-electron chi connectivity index (χ1n) is 9.61. The third-order valence-electron chi connectivity index (χ3n) is 4.43. The Labute approximate surface area is 182 Å². The smallest absolute Gasteiger partial charge is 0.282 e. The van der Waals surface area contributed by atoms with Crippen LogP contribution in [0.1, 0.15) is 19.4 Å². The molecule has 0 fully saturated rings. The molecule has 0 N–H and O–H groups in total. The summed E-state index contributed by atoms with van der Waals surface area (Å²) >= 11 is 3.53. The number of aromatic nitrogens is 2. The zero-order valence-corrected chi connectivity index (χ0v) is 18.2. The van der Waals surface area contributed by atoms with Crippen LogP contribution in [0.5, 0.6) is 5.75 Å². The number of benzene rings is 3. The molecule has 3 aromatic carbocycles. The van der Waals surface area contributed by atoms with E-state index in [1.165, 1.54) is 4.68 Å². The Morgan fingerprint density at radius 3 is 2.50 bits per heavy atom. The topological polar surface area (TPSA) is 56.5 Å². The molecule has 0 unspecified atom stereocenters. The first-order valence-corrected chi connectivity index (χ1v) is 10.4. The van der Waals surface area contributed by atoms with Gasteiger partial charge in [0.1, 0.15) is 5.75 Å². The summed E-state index contributed by atoms with van der Waals surface area (Å²) in [6.07, 6.45) is 1.73. The van der Waals surface area contributed by atoms with Crippen LogP contribution < -0.4 is 10.3 Å². The van der Waals surface area contributed by atoms with Crippen molar-refractivity contribution in [2.24, 2.45) is 5.10 Å². The summed E-state index contributed by atoms with van der Waals surface area (Å²) in [6, 6.07) is 22.6. The molecule has 0 aliphatic heterocycles. The predicted molar refractivity (Wildman–Crippen MR) is 124 cm³/mol. The molecule has 0 saturated heterocycles. The highest BCUT2D eigenvalue weighted by atomic mass is 79.9. The summed E-state index contributed by atoms with van der Waals surface area (Å²) in [5, 5.41) is 5.01. The molecular weight excluding hydrogens is 442 g/mol. The third kappa shape index (κ3) is 4.19. The van der Waals surface area contributed by atoms with Gasteiger partial charge < -0.3 is 4.74 Å². The SMILES string of the molecule is CC(C)Oc1ccc(C=Nn2c(-c3ccccc3)nc3ccccc3c2=O)cc1Br. The van der Waals surface area contributed by atoms with Gasteiger partial charge in [-0.05, 0) is 65.7 Å². The van der Waals surface area contributed by atoms with E-state index in [2.05, 4.69) is 21.0 Å². The first-order chi connectivity index (χ1) is 14.5. The minimum atomic E-state index is -0.213. The molecule has 0 atom stereocenters. The van der Waals surface area contributed by atoms with Crippen molar-refractivity contribution >= 4 is 33.0 Å². The van der Waals surface area contributed by atoms with Gasteiger partial charge in [-0.2, -0.15) is 9.78 Å². The Morgan fingerprint density at radius 1 is 1.03 bits per heavy atom. The Balaban J connectivity index is 1.81. The molecule has 1 heterocycles. The van der Waals surface area contributed by atoms with Crippen LogP contribution >= 0.6 is 15.9 Å². The molecule has 0 amide bonds. The van der Waals surface area contributed by atoms with Gasteiger partial charge >= 0.3 is 0 Å². The van der Waals surface area contributed by atoms with Crippen LogP contribution in [0.15, 0.2) is 87.2 Å². The van der Waals surface area contributed by atoms with E-state index in [-0.39, 0.29) is 11.7 Å². The fourth-order valence-electron chi connectivity index (χ4n) is 3.08. The number of hydrogen-bond acceptors (Lipinski definition) is 4. The van der Waals surface area contributed by atoms with Crippen LogP contribution in [0.4, 0.5) is 0 Å². The lowest BCUT2D eigenvalue weighted by Gasteiger charge is -2.12.